The molecule has 2 N–H and O–H groups in total. The van der Waals surface area contributed by atoms with Crippen LogP contribution in [-0.4, -0.2) is 36.5 Å². The lowest BCUT2D eigenvalue weighted by molar-refractivity contribution is -0.149. The summed E-state index contributed by atoms with van der Waals surface area (Å²) in [5.74, 6) is 0.0773. The number of rotatable bonds is 11. The zero-order chi connectivity index (χ0) is 26.3. The van der Waals surface area contributed by atoms with Crippen LogP contribution in [0.3, 0.4) is 0 Å². The van der Waals surface area contributed by atoms with E-state index < -0.39 is 5.60 Å². The van der Waals surface area contributed by atoms with E-state index in [1.807, 2.05) is 47.4 Å². The van der Waals surface area contributed by atoms with Crippen LogP contribution in [0.5, 0.6) is 0 Å². The van der Waals surface area contributed by atoms with Crippen molar-refractivity contribution >= 4 is 17.7 Å². The molecule has 198 valence electrons. The van der Waals surface area contributed by atoms with E-state index >= 15 is 0 Å². The Morgan fingerprint density at radius 1 is 1.05 bits per heavy atom. The molecule has 0 fully saturated rings. The summed E-state index contributed by atoms with van der Waals surface area (Å²) in [6, 6.07) is 18.0. The summed E-state index contributed by atoms with van der Waals surface area (Å²) in [4.78, 5) is 28.1. The molecule has 2 aromatic carbocycles. The fraction of sp³-hybridized carbons (Fsp3) is 0.484. The molecule has 2 aromatic rings. The molecule has 0 saturated carbocycles. The Hall–Kier alpha value is -3.28. The molecule has 37 heavy (non-hydrogen) atoms. The van der Waals surface area contributed by atoms with Gasteiger partial charge >= 0.3 is 12.0 Å². The number of para-hydroxylation sites is 1. The van der Waals surface area contributed by atoms with Crippen molar-refractivity contribution in [3.8, 4) is 0 Å². The van der Waals surface area contributed by atoms with Gasteiger partial charge in [0.2, 0.25) is 0 Å². The number of carbonyl (C=O) groups excluding carboxylic acids is 2. The molecule has 2 amide bonds. The van der Waals surface area contributed by atoms with E-state index in [2.05, 4.69) is 43.5 Å². The lowest BCUT2D eigenvalue weighted by Crippen LogP contribution is -2.46. The minimum absolute atomic E-state index is 0.116. The third-order valence-electron chi connectivity index (χ3n) is 7.36. The summed E-state index contributed by atoms with van der Waals surface area (Å²) in [5, 5.41) is 6.65. The van der Waals surface area contributed by atoms with Gasteiger partial charge in [-0.3, -0.25) is 0 Å². The van der Waals surface area contributed by atoms with Crippen molar-refractivity contribution in [2.24, 2.45) is 5.92 Å². The normalized spacial score (nSPS) is 19.1. The topological polar surface area (TPSA) is 70.7 Å². The Balaban J connectivity index is 1.45. The molecule has 0 aromatic heterocycles. The van der Waals surface area contributed by atoms with E-state index in [1.54, 1.807) is 0 Å². The van der Waals surface area contributed by atoms with Crippen LogP contribution in [0.25, 0.3) is 0 Å². The maximum atomic E-state index is 13.3. The number of unbranched alkanes of at least 4 members (excludes halogenated alkanes) is 3. The minimum Gasteiger partial charge on any atom is -0.446 e. The van der Waals surface area contributed by atoms with Crippen molar-refractivity contribution < 1.29 is 14.3 Å². The SMILES string of the molecule is CCCCCCNc1ccccc1CNC(=O)N1CCC2=C(C1)C(CC(C)C)(c1ccccc1)OC2=O. The summed E-state index contributed by atoms with van der Waals surface area (Å²) in [5.41, 5.74) is 3.98. The average molecular weight is 504 g/mol. The number of carbonyl (C=O) groups is 2. The van der Waals surface area contributed by atoms with E-state index in [0.29, 0.717) is 38.4 Å². The largest absolute Gasteiger partial charge is 0.446 e. The summed E-state index contributed by atoms with van der Waals surface area (Å²) >= 11 is 0. The second-order valence-electron chi connectivity index (χ2n) is 10.6. The summed E-state index contributed by atoms with van der Waals surface area (Å²) in [6.07, 6.45) is 6.05. The maximum Gasteiger partial charge on any atom is 0.335 e. The molecule has 1 unspecified atom stereocenters. The monoisotopic (exact) mass is 503 g/mol. The minimum atomic E-state index is -0.810. The first-order valence-corrected chi connectivity index (χ1v) is 13.8. The van der Waals surface area contributed by atoms with Crippen LogP contribution in [0, 0.1) is 5.92 Å². The number of ether oxygens (including phenoxy) is 1. The van der Waals surface area contributed by atoms with Crippen LogP contribution < -0.4 is 10.6 Å². The number of benzene rings is 2. The van der Waals surface area contributed by atoms with E-state index in [-0.39, 0.29) is 12.0 Å². The molecule has 0 aliphatic carbocycles. The second kappa shape index (κ2) is 12.3. The third-order valence-corrected chi connectivity index (χ3v) is 7.36. The zero-order valence-electron chi connectivity index (χ0n) is 22.5. The number of esters is 1. The predicted molar refractivity (Wildman–Crippen MR) is 148 cm³/mol. The molecule has 0 radical (unpaired) electrons. The first kappa shape index (κ1) is 26.8. The Labute approximate surface area is 221 Å². The van der Waals surface area contributed by atoms with Crippen LogP contribution in [0.4, 0.5) is 10.5 Å². The summed E-state index contributed by atoms with van der Waals surface area (Å²) in [6.45, 7) is 8.77. The Morgan fingerprint density at radius 3 is 2.57 bits per heavy atom. The van der Waals surface area contributed by atoms with E-state index in [9.17, 15) is 9.59 Å². The number of nitrogens with zero attached hydrogens (tertiary/aromatic N) is 1. The van der Waals surface area contributed by atoms with Gasteiger partial charge in [-0.1, -0.05) is 88.6 Å². The number of hydrogen-bond acceptors (Lipinski definition) is 4. The average Bonchev–Trinajstić information content (AvgIpc) is 3.19. The fourth-order valence-corrected chi connectivity index (χ4v) is 5.52. The molecule has 2 aliphatic heterocycles. The van der Waals surface area contributed by atoms with Crippen LogP contribution in [0.1, 0.15) is 70.4 Å². The van der Waals surface area contributed by atoms with Gasteiger partial charge in [-0.25, -0.2) is 9.59 Å². The van der Waals surface area contributed by atoms with E-state index in [0.717, 1.165) is 40.9 Å². The van der Waals surface area contributed by atoms with Crippen LogP contribution in [-0.2, 0) is 21.7 Å². The molecule has 2 aliphatic rings. The molecule has 4 rings (SSSR count). The van der Waals surface area contributed by atoms with Crippen molar-refractivity contribution in [2.45, 2.75) is 71.4 Å². The second-order valence-corrected chi connectivity index (χ2v) is 10.6. The van der Waals surface area contributed by atoms with Gasteiger partial charge in [-0.15, -0.1) is 0 Å². The van der Waals surface area contributed by atoms with Crippen molar-refractivity contribution in [3.05, 3.63) is 76.9 Å². The highest BCUT2D eigenvalue weighted by Gasteiger charge is 2.50. The van der Waals surface area contributed by atoms with Crippen molar-refractivity contribution in [3.63, 3.8) is 0 Å². The highest BCUT2D eigenvalue weighted by atomic mass is 16.6. The van der Waals surface area contributed by atoms with Gasteiger partial charge in [-0.05, 0) is 42.4 Å². The van der Waals surface area contributed by atoms with Gasteiger partial charge < -0.3 is 20.3 Å². The van der Waals surface area contributed by atoms with Gasteiger partial charge in [0.15, 0.2) is 5.60 Å². The highest BCUT2D eigenvalue weighted by Crippen LogP contribution is 2.48. The smallest absolute Gasteiger partial charge is 0.335 e. The molecular formula is C31H41N3O3. The highest BCUT2D eigenvalue weighted by molar-refractivity contribution is 5.94. The van der Waals surface area contributed by atoms with Crippen LogP contribution in [0.2, 0.25) is 0 Å². The number of cyclic esters (lactones) is 1. The van der Waals surface area contributed by atoms with Crippen LogP contribution >= 0.6 is 0 Å². The lowest BCUT2D eigenvalue weighted by atomic mass is 9.77. The quantitative estimate of drug-likeness (QED) is 0.275. The molecule has 0 spiro atoms. The van der Waals surface area contributed by atoms with Crippen LogP contribution in [0.15, 0.2) is 65.7 Å². The van der Waals surface area contributed by atoms with Gasteiger partial charge in [0.05, 0.1) is 0 Å². The maximum absolute atomic E-state index is 13.3. The van der Waals surface area contributed by atoms with Crippen molar-refractivity contribution in [2.75, 3.05) is 25.0 Å². The van der Waals surface area contributed by atoms with Gasteiger partial charge in [0.1, 0.15) is 0 Å². The zero-order valence-corrected chi connectivity index (χ0v) is 22.5. The molecular weight excluding hydrogens is 462 g/mol. The molecule has 6 nitrogen and oxygen atoms in total. The van der Waals surface area contributed by atoms with E-state index in [4.69, 9.17) is 4.74 Å². The van der Waals surface area contributed by atoms with Crippen molar-refractivity contribution in [1.82, 2.24) is 10.2 Å². The number of amides is 2. The number of hydrogen-bond donors (Lipinski definition) is 2. The predicted octanol–water partition coefficient (Wildman–Crippen LogP) is 6.39. The number of nitrogens with one attached hydrogen (secondary N) is 2. The van der Waals surface area contributed by atoms with Gasteiger partial charge in [-0.2, -0.15) is 0 Å². The molecule has 0 saturated heterocycles. The van der Waals surface area contributed by atoms with Gasteiger partial charge in [0.25, 0.3) is 0 Å². The molecule has 2 heterocycles. The fourth-order valence-electron chi connectivity index (χ4n) is 5.52. The number of urea groups is 1. The van der Waals surface area contributed by atoms with Crippen molar-refractivity contribution in [1.29, 1.82) is 0 Å². The standard InChI is InChI=1S/C31H41N3O3/c1-4-5-6-12-18-32-28-16-11-10-13-24(28)21-33-30(36)34-19-17-26-27(22-34)31(20-23(2)3,37-29(26)35)25-14-8-7-9-15-25/h7-11,13-16,23,32H,4-6,12,17-22H2,1-3H3,(H,33,36). The van der Waals surface area contributed by atoms with Gasteiger partial charge in [0, 0.05) is 43.0 Å². The Kier molecular flexibility index (Phi) is 8.91. The Morgan fingerprint density at radius 2 is 1.81 bits per heavy atom. The molecule has 1 atom stereocenters. The summed E-state index contributed by atoms with van der Waals surface area (Å²) < 4.78 is 6.15. The number of anilines is 1. The molecule has 6 heteroatoms. The lowest BCUT2D eigenvalue weighted by Gasteiger charge is -2.37. The Bertz CT molecular complexity index is 1110. The summed E-state index contributed by atoms with van der Waals surface area (Å²) in [7, 11) is 0. The third kappa shape index (κ3) is 6.17. The first-order chi connectivity index (χ1) is 17.9. The first-order valence-electron chi connectivity index (χ1n) is 13.8. The molecule has 0 bridgehead atoms. The van der Waals surface area contributed by atoms with E-state index in [1.165, 1.54) is 19.3 Å².